The molecule has 0 fully saturated rings. The maximum Gasteiger partial charge on any atom is 0.161 e. The second-order valence-electron chi connectivity index (χ2n) is 4.87. The number of rotatable bonds is 3. The number of nitrogens with one attached hydrogen (secondary N) is 1. The van der Waals surface area contributed by atoms with Gasteiger partial charge in [0.15, 0.2) is 11.5 Å². The summed E-state index contributed by atoms with van der Waals surface area (Å²) >= 11 is 1.69. The second-order valence-corrected chi connectivity index (χ2v) is 5.61. The van der Waals surface area contributed by atoms with Gasteiger partial charge in [0, 0.05) is 6.42 Å². The SMILES string of the molecule is Cc1cscc1C(NN)c1ccc2c(c1)OCCCO2. The van der Waals surface area contributed by atoms with Crippen LogP contribution < -0.4 is 20.7 Å². The van der Waals surface area contributed by atoms with Crippen LogP contribution in [-0.4, -0.2) is 13.2 Å². The van der Waals surface area contributed by atoms with Crippen molar-refractivity contribution in [3.63, 3.8) is 0 Å². The number of aryl methyl sites for hydroxylation is 1. The van der Waals surface area contributed by atoms with Crippen molar-refractivity contribution in [2.45, 2.75) is 19.4 Å². The molecule has 106 valence electrons. The normalized spacial score (nSPS) is 15.7. The molecule has 4 nitrogen and oxygen atoms in total. The number of benzene rings is 1. The summed E-state index contributed by atoms with van der Waals surface area (Å²) in [6, 6.07) is 5.98. The lowest BCUT2D eigenvalue weighted by Crippen LogP contribution is -2.29. The van der Waals surface area contributed by atoms with E-state index in [1.807, 2.05) is 18.2 Å². The van der Waals surface area contributed by atoms with Gasteiger partial charge in [0.25, 0.3) is 0 Å². The van der Waals surface area contributed by atoms with Crippen molar-refractivity contribution in [2.75, 3.05) is 13.2 Å². The molecule has 0 saturated heterocycles. The summed E-state index contributed by atoms with van der Waals surface area (Å²) in [6.07, 6.45) is 0.909. The fourth-order valence-electron chi connectivity index (χ4n) is 2.39. The highest BCUT2D eigenvalue weighted by Gasteiger charge is 2.18. The molecule has 1 unspecified atom stereocenters. The quantitative estimate of drug-likeness (QED) is 0.674. The van der Waals surface area contributed by atoms with E-state index in [1.165, 1.54) is 11.1 Å². The van der Waals surface area contributed by atoms with Gasteiger partial charge in [-0.2, -0.15) is 11.3 Å². The molecule has 5 heteroatoms. The van der Waals surface area contributed by atoms with E-state index in [0.29, 0.717) is 13.2 Å². The maximum absolute atomic E-state index is 5.75. The van der Waals surface area contributed by atoms with Crippen LogP contribution >= 0.6 is 11.3 Å². The lowest BCUT2D eigenvalue weighted by molar-refractivity contribution is 0.297. The largest absolute Gasteiger partial charge is 0.490 e. The van der Waals surface area contributed by atoms with Crippen LogP contribution in [0.2, 0.25) is 0 Å². The summed E-state index contributed by atoms with van der Waals surface area (Å²) in [6.45, 7) is 3.49. The fraction of sp³-hybridized carbons (Fsp3) is 0.333. The molecule has 1 aliphatic heterocycles. The van der Waals surface area contributed by atoms with Crippen LogP contribution in [0.5, 0.6) is 11.5 Å². The molecule has 1 atom stereocenters. The number of fused-ring (bicyclic) bond motifs is 1. The van der Waals surface area contributed by atoms with Crippen molar-refractivity contribution in [3.8, 4) is 11.5 Å². The summed E-state index contributed by atoms with van der Waals surface area (Å²) in [5.41, 5.74) is 6.42. The Labute approximate surface area is 122 Å². The molecule has 1 aliphatic rings. The van der Waals surface area contributed by atoms with E-state index in [0.717, 1.165) is 23.5 Å². The molecular weight excluding hydrogens is 272 g/mol. The second kappa shape index (κ2) is 5.83. The molecule has 3 rings (SSSR count). The van der Waals surface area contributed by atoms with E-state index in [-0.39, 0.29) is 6.04 Å². The highest BCUT2D eigenvalue weighted by Crippen LogP contribution is 2.35. The Morgan fingerprint density at radius 1 is 1.20 bits per heavy atom. The number of nitrogens with two attached hydrogens (primary N) is 1. The Morgan fingerprint density at radius 2 is 2.00 bits per heavy atom. The molecule has 2 aromatic rings. The summed E-state index contributed by atoms with van der Waals surface area (Å²) in [5, 5.41) is 4.26. The van der Waals surface area contributed by atoms with Crippen molar-refractivity contribution in [3.05, 3.63) is 45.6 Å². The highest BCUT2D eigenvalue weighted by atomic mass is 32.1. The van der Waals surface area contributed by atoms with Gasteiger partial charge in [-0.05, 0) is 46.5 Å². The van der Waals surface area contributed by atoms with Crippen molar-refractivity contribution < 1.29 is 9.47 Å². The minimum Gasteiger partial charge on any atom is -0.490 e. The van der Waals surface area contributed by atoms with Crippen LogP contribution in [0, 0.1) is 6.92 Å². The van der Waals surface area contributed by atoms with Crippen LogP contribution in [0.4, 0.5) is 0 Å². The topological polar surface area (TPSA) is 56.5 Å². The molecule has 0 saturated carbocycles. The average molecular weight is 290 g/mol. The summed E-state index contributed by atoms with van der Waals surface area (Å²) < 4.78 is 11.4. The number of ether oxygens (including phenoxy) is 2. The van der Waals surface area contributed by atoms with Crippen LogP contribution in [0.3, 0.4) is 0 Å². The Bertz CT molecular complexity index is 597. The van der Waals surface area contributed by atoms with Gasteiger partial charge in [-0.3, -0.25) is 5.84 Å². The van der Waals surface area contributed by atoms with E-state index in [4.69, 9.17) is 15.3 Å². The molecular formula is C15H18N2O2S. The van der Waals surface area contributed by atoms with Crippen molar-refractivity contribution in [1.29, 1.82) is 0 Å². The van der Waals surface area contributed by atoms with Gasteiger partial charge in [0.2, 0.25) is 0 Å². The molecule has 2 heterocycles. The smallest absolute Gasteiger partial charge is 0.161 e. The molecule has 0 amide bonds. The molecule has 0 bridgehead atoms. The summed E-state index contributed by atoms with van der Waals surface area (Å²) in [5.74, 6) is 7.36. The van der Waals surface area contributed by atoms with E-state index in [9.17, 15) is 0 Å². The third kappa shape index (κ3) is 2.52. The number of hydrogen-bond acceptors (Lipinski definition) is 5. The standard InChI is InChI=1S/C15H18N2O2S/c1-10-8-20-9-12(10)15(17-16)11-3-4-13-14(7-11)19-6-2-5-18-13/h3-4,7-9,15,17H,2,5-6,16H2,1H3. The molecule has 0 aliphatic carbocycles. The first-order chi connectivity index (χ1) is 9.79. The zero-order valence-corrected chi connectivity index (χ0v) is 12.2. The van der Waals surface area contributed by atoms with E-state index < -0.39 is 0 Å². The van der Waals surface area contributed by atoms with E-state index in [1.54, 1.807) is 11.3 Å². The van der Waals surface area contributed by atoms with Crippen molar-refractivity contribution in [1.82, 2.24) is 5.43 Å². The monoisotopic (exact) mass is 290 g/mol. The minimum absolute atomic E-state index is 0.0293. The molecule has 0 spiro atoms. The predicted molar refractivity (Wildman–Crippen MR) is 80.3 cm³/mol. The molecule has 1 aromatic carbocycles. The first kappa shape index (κ1) is 13.4. The predicted octanol–water partition coefficient (Wildman–Crippen LogP) is 2.77. The van der Waals surface area contributed by atoms with Gasteiger partial charge in [-0.15, -0.1) is 0 Å². The van der Waals surface area contributed by atoms with Crippen molar-refractivity contribution >= 4 is 11.3 Å². The van der Waals surface area contributed by atoms with Gasteiger partial charge in [0.1, 0.15) is 0 Å². The molecule has 1 aromatic heterocycles. The van der Waals surface area contributed by atoms with Crippen molar-refractivity contribution in [2.24, 2.45) is 5.84 Å². The first-order valence-electron chi connectivity index (χ1n) is 6.68. The van der Waals surface area contributed by atoms with Gasteiger partial charge in [-0.25, -0.2) is 5.43 Å². The number of hydrazine groups is 1. The van der Waals surface area contributed by atoms with Crippen LogP contribution in [0.1, 0.15) is 29.2 Å². The Hall–Kier alpha value is -1.56. The highest BCUT2D eigenvalue weighted by molar-refractivity contribution is 7.08. The summed E-state index contributed by atoms with van der Waals surface area (Å²) in [4.78, 5) is 0. The van der Waals surface area contributed by atoms with E-state index >= 15 is 0 Å². The lowest BCUT2D eigenvalue weighted by atomic mass is 9.98. The first-order valence-corrected chi connectivity index (χ1v) is 7.62. The number of hydrogen-bond donors (Lipinski definition) is 2. The van der Waals surface area contributed by atoms with Crippen LogP contribution in [-0.2, 0) is 0 Å². The Balaban J connectivity index is 1.96. The zero-order chi connectivity index (χ0) is 13.9. The van der Waals surface area contributed by atoms with Gasteiger partial charge < -0.3 is 9.47 Å². The van der Waals surface area contributed by atoms with Crippen LogP contribution in [0.15, 0.2) is 29.0 Å². The van der Waals surface area contributed by atoms with Crippen LogP contribution in [0.25, 0.3) is 0 Å². The third-order valence-corrected chi connectivity index (χ3v) is 4.36. The van der Waals surface area contributed by atoms with E-state index in [2.05, 4.69) is 23.1 Å². The lowest BCUT2D eigenvalue weighted by Gasteiger charge is -2.18. The third-order valence-electron chi connectivity index (χ3n) is 3.48. The average Bonchev–Trinajstić information content (AvgIpc) is 2.75. The fourth-order valence-corrected chi connectivity index (χ4v) is 3.27. The minimum atomic E-state index is -0.0293. The Kier molecular flexibility index (Phi) is 3.91. The van der Waals surface area contributed by atoms with Gasteiger partial charge in [0.05, 0.1) is 19.3 Å². The Morgan fingerprint density at radius 3 is 2.70 bits per heavy atom. The van der Waals surface area contributed by atoms with Gasteiger partial charge in [-0.1, -0.05) is 6.07 Å². The molecule has 0 radical (unpaired) electrons. The summed E-state index contributed by atoms with van der Waals surface area (Å²) in [7, 11) is 0. The number of thiophene rings is 1. The molecule has 20 heavy (non-hydrogen) atoms. The zero-order valence-electron chi connectivity index (χ0n) is 11.4. The van der Waals surface area contributed by atoms with Gasteiger partial charge >= 0.3 is 0 Å². The molecule has 3 N–H and O–H groups in total. The maximum atomic E-state index is 5.75.